The van der Waals surface area contributed by atoms with E-state index >= 15 is 0 Å². The first-order valence-electron chi connectivity index (χ1n) is 6.88. The van der Waals surface area contributed by atoms with Crippen LogP contribution in [0.4, 0.5) is 10.1 Å². The third-order valence-corrected chi connectivity index (χ3v) is 4.02. The Kier molecular flexibility index (Phi) is 3.00. The van der Waals surface area contributed by atoms with E-state index in [2.05, 4.69) is 5.32 Å². The van der Waals surface area contributed by atoms with Crippen LogP contribution in [0.25, 0.3) is 0 Å². The van der Waals surface area contributed by atoms with Crippen LogP contribution in [0.1, 0.15) is 25.3 Å². The Labute approximate surface area is 117 Å². The Morgan fingerprint density at radius 3 is 2.65 bits per heavy atom. The molecule has 20 heavy (non-hydrogen) atoms. The number of hydrogen-bond donors (Lipinski definition) is 1. The number of hydrogen-bond acceptors (Lipinski definition) is 2. The van der Waals surface area contributed by atoms with Crippen molar-refractivity contribution in [3.05, 3.63) is 29.6 Å². The molecule has 106 valence electrons. The fraction of sp³-hybridized carbons (Fsp3) is 0.467. The van der Waals surface area contributed by atoms with Crippen LogP contribution in [-0.4, -0.2) is 23.9 Å². The van der Waals surface area contributed by atoms with E-state index in [9.17, 15) is 14.0 Å². The maximum Gasteiger partial charge on any atom is 0.250 e. The Balaban J connectivity index is 2.01. The second-order valence-electron chi connectivity index (χ2n) is 5.66. The van der Waals surface area contributed by atoms with Gasteiger partial charge in [0.1, 0.15) is 17.9 Å². The number of carbonyl (C=O) groups is 2. The smallest absolute Gasteiger partial charge is 0.250 e. The molecular formula is C15H17FN2O2. The number of halogens is 1. The molecule has 1 aromatic rings. The van der Waals surface area contributed by atoms with E-state index in [1.807, 2.05) is 6.92 Å². The maximum absolute atomic E-state index is 14.0. The van der Waals surface area contributed by atoms with Crippen molar-refractivity contribution in [2.75, 3.05) is 4.90 Å². The van der Waals surface area contributed by atoms with Crippen LogP contribution in [-0.2, 0) is 9.59 Å². The maximum atomic E-state index is 14.0. The number of nitrogens with zero attached hydrogens (tertiary/aromatic N) is 1. The van der Waals surface area contributed by atoms with Crippen LogP contribution >= 0.6 is 0 Å². The molecule has 1 aromatic carbocycles. The van der Waals surface area contributed by atoms with E-state index in [0.717, 1.165) is 18.4 Å². The van der Waals surface area contributed by atoms with Crippen molar-refractivity contribution in [3.8, 4) is 0 Å². The van der Waals surface area contributed by atoms with Gasteiger partial charge in [-0.2, -0.15) is 0 Å². The highest BCUT2D eigenvalue weighted by Gasteiger charge is 2.46. The highest BCUT2D eigenvalue weighted by Crippen LogP contribution is 2.36. The number of amides is 2. The predicted molar refractivity (Wildman–Crippen MR) is 72.7 cm³/mol. The summed E-state index contributed by atoms with van der Waals surface area (Å²) in [5.41, 5.74) is 1.05. The van der Waals surface area contributed by atoms with Crippen LogP contribution in [0.2, 0.25) is 0 Å². The van der Waals surface area contributed by atoms with E-state index in [-0.39, 0.29) is 23.4 Å². The lowest BCUT2D eigenvalue weighted by atomic mass is 10.0. The number of carbonyl (C=O) groups excluding carboxylic acids is 2. The molecule has 3 rings (SSSR count). The Bertz CT molecular complexity index is 583. The van der Waals surface area contributed by atoms with Gasteiger partial charge < -0.3 is 5.32 Å². The number of rotatable bonds is 2. The molecule has 1 heterocycles. The van der Waals surface area contributed by atoms with E-state index in [0.29, 0.717) is 0 Å². The number of benzene rings is 1. The quantitative estimate of drug-likeness (QED) is 0.895. The molecule has 2 unspecified atom stereocenters. The summed E-state index contributed by atoms with van der Waals surface area (Å²) in [4.78, 5) is 25.9. The zero-order valence-corrected chi connectivity index (χ0v) is 11.5. The van der Waals surface area contributed by atoms with E-state index in [1.165, 1.54) is 11.0 Å². The van der Waals surface area contributed by atoms with Crippen molar-refractivity contribution in [1.29, 1.82) is 0 Å². The number of nitrogens with one attached hydrogen (secondary N) is 1. The van der Waals surface area contributed by atoms with Gasteiger partial charge in [-0.3, -0.25) is 14.5 Å². The zero-order chi connectivity index (χ0) is 14.4. The number of aryl methyl sites for hydroxylation is 1. The fourth-order valence-electron chi connectivity index (χ4n) is 2.68. The molecule has 1 saturated heterocycles. The molecule has 2 fully saturated rings. The van der Waals surface area contributed by atoms with Gasteiger partial charge in [-0.15, -0.1) is 0 Å². The molecule has 5 heteroatoms. The van der Waals surface area contributed by atoms with Crippen LogP contribution in [0, 0.1) is 18.7 Å². The van der Waals surface area contributed by atoms with Crippen LogP contribution in [0.3, 0.4) is 0 Å². The second kappa shape index (κ2) is 4.58. The summed E-state index contributed by atoms with van der Waals surface area (Å²) < 4.78 is 14.0. The van der Waals surface area contributed by atoms with Gasteiger partial charge in [0.05, 0.1) is 5.69 Å². The van der Waals surface area contributed by atoms with Crippen LogP contribution in [0.5, 0.6) is 0 Å². The minimum absolute atomic E-state index is 0.197. The van der Waals surface area contributed by atoms with Crippen LogP contribution < -0.4 is 10.2 Å². The minimum atomic E-state index is -0.686. The number of piperazine rings is 1. The van der Waals surface area contributed by atoms with Gasteiger partial charge in [-0.05, 0) is 50.3 Å². The second-order valence-corrected chi connectivity index (χ2v) is 5.66. The lowest BCUT2D eigenvalue weighted by Gasteiger charge is -2.37. The van der Waals surface area contributed by atoms with Crippen molar-refractivity contribution in [2.24, 2.45) is 5.92 Å². The molecule has 0 bridgehead atoms. The van der Waals surface area contributed by atoms with Crippen molar-refractivity contribution in [1.82, 2.24) is 5.32 Å². The van der Waals surface area contributed by atoms with Crippen molar-refractivity contribution in [2.45, 2.75) is 38.8 Å². The third kappa shape index (κ3) is 2.07. The molecule has 2 aliphatic rings. The Morgan fingerprint density at radius 2 is 2.00 bits per heavy atom. The summed E-state index contributed by atoms with van der Waals surface area (Å²) in [6.45, 7) is 3.46. The van der Waals surface area contributed by atoms with Crippen molar-refractivity contribution < 1.29 is 14.0 Å². The lowest BCUT2D eigenvalue weighted by Crippen LogP contribution is -2.63. The monoisotopic (exact) mass is 276 g/mol. The van der Waals surface area contributed by atoms with E-state index in [4.69, 9.17) is 0 Å². The topological polar surface area (TPSA) is 49.4 Å². The summed E-state index contributed by atoms with van der Waals surface area (Å²) in [5.74, 6) is -0.694. The van der Waals surface area contributed by atoms with Gasteiger partial charge in [0.25, 0.3) is 5.91 Å². The van der Waals surface area contributed by atoms with Gasteiger partial charge >= 0.3 is 0 Å². The average Bonchev–Trinajstić information content (AvgIpc) is 3.22. The highest BCUT2D eigenvalue weighted by atomic mass is 19.1. The standard InChI is InChI=1S/C15H17FN2O2/c1-8-3-6-11(16)12(7-8)18-9(2)14(19)17-13(15(18)20)10-4-5-10/h3,6-7,9-10,13H,4-5H2,1-2H3,(H,17,19). The molecule has 2 amide bonds. The van der Waals surface area contributed by atoms with Crippen molar-refractivity contribution in [3.63, 3.8) is 0 Å². The normalized spacial score (nSPS) is 26.6. The Hall–Kier alpha value is -1.91. The third-order valence-electron chi connectivity index (χ3n) is 4.02. The summed E-state index contributed by atoms with van der Waals surface area (Å²) >= 11 is 0. The first-order chi connectivity index (χ1) is 9.49. The van der Waals surface area contributed by atoms with Gasteiger partial charge in [0.2, 0.25) is 5.91 Å². The predicted octanol–water partition coefficient (Wildman–Crippen LogP) is 1.76. The van der Waals surface area contributed by atoms with E-state index in [1.54, 1.807) is 19.1 Å². The van der Waals surface area contributed by atoms with Gasteiger partial charge in [0, 0.05) is 0 Å². The van der Waals surface area contributed by atoms with Gasteiger partial charge in [-0.25, -0.2) is 4.39 Å². The molecule has 4 nitrogen and oxygen atoms in total. The molecule has 1 aliphatic heterocycles. The highest BCUT2D eigenvalue weighted by molar-refractivity contribution is 6.08. The molecular weight excluding hydrogens is 259 g/mol. The van der Waals surface area contributed by atoms with Crippen LogP contribution in [0.15, 0.2) is 18.2 Å². The largest absolute Gasteiger partial charge is 0.342 e. The fourth-order valence-corrected chi connectivity index (χ4v) is 2.68. The first-order valence-corrected chi connectivity index (χ1v) is 6.88. The molecule has 2 atom stereocenters. The summed E-state index contributed by atoms with van der Waals surface area (Å²) in [5, 5.41) is 2.76. The summed E-state index contributed by atoms with van der Waals surface area (Å²) in [7, 11) is 0. The zero-order valence-electron chi connectivity index (χ0n) is 11.5. The summed E-state index contributed by atoms with van der Waals surface area (Å²) in [6, 6.07) is 3.42. The lowest BCUT2D eigenvalue weighted by molar-refractivity contribution is -0.134. The van der Waals surface area contributed by atoms with E-state index < -0.39 is 17.9 Å². The molecule has 1 aliphatic carbocycles. The molecule has 0 spiro atoms. The molecule has 1 saturated carbocycles. The average molecular weight is 276 g/mol. The molecule has 0 radical (unpaired) electrons. The van der Waals surface area contributed by atoms with Gasteiger partial charge in [-0.1, -0.05) is 6.07 Å². The number of anilines is 1. The molecule has 1 N–H and O–H groups in total. The SMILES string of the molecule is Cc1ccc(F)c(N2C(=O)C(C3CC3)NC(=O)C2C)c1. The summed E-state index contributed by atoms with van der Waals surface area (Å²) in [6.07, 6.45) is 1.88. The Morgan fingerprint density at radius 1 is 1.30 bits per heavy atom. The minimum Gasteiger partial charge on any atom is -0.342 e. The van der Waals surface area contributed by atoms with Gasteiger partial charge in [0.15, 0.2) is 0 Å². The van der Waals surface area contributed by atoms with Crippen molar-refractivity contribution >= 4 is 17.5 Å². The first kappa shape index (κ1) is 13.1. The molecule has 0 aromatic heterocycles.